The van der Waals surface area contributed by atoms with Crippen molar-refractivity contribution < 1.29 is 9.18 Å². The van der Waals surface area contributed by atoms with Gasteiger partial charge in [-0.15, -0.1) is 0 Å². The summed E-state index contributed by atoms with van der Waals surface area (Å²) in [5.41, 5.74) is 2.35. The third-order valence-electron chi connectivity index (χ3n) is 3.16. The predicted octanol–water partition coefficient (Wildman–Crippen LogP) is 3.84. The van der Waals surface area contributed by atoms with Gasteiger partial charge in [0.25, 0.3) is 0 Å². The van der Waals surface area contributed by atoms with Crippen molar-refractivity contribution in [3.8, 4) is 0 Å². The molecule has 1 aromatic carbocycles. The molecule has 0 bridgehead atoms. The molecule has 3 heteroatoms. The quantitative estimate of drug-likeness (QED) is 0.747. The topological polar surface area (TPSA) is 17.1 Å². The van der Waals surface area contributed by atoms with Gasteiger partial charge in [-0.3, -0.25) is 4.79 Å². The number of hydrogen-bond donors (Lipinski definition) is 0. The molecule has 0 radical (unpaired) electrons. The van der Waals surface area contributed by atoms with Crippen LogP contribution >= 0.6 is 15.9 Å². The number of aryl methyl sites for hydroxylation is 1. The molecule has 1 atom stereocenters. The van der Waals surface area contributed by atoms with Crippen LogP contribution in [0.1, 0.15) is 47.2 Å². The van der Waals surface area contributed by atoms with Crippen molar-refractivity contribution in [2.45, 2.75) is 32.1 Å². The number of aldehydes is 1. The van der Waals surface area contributed by atoms with E-state index < -0.39 is 5.82 Å². The van der Waals surface area contributed by atoms with Gasteiger partial charge in [-0.25, -0.2) is 4.39 Å². The van der Waals surface area contributed by atoms with E-state index >= 15 is 0 Å². The van der Waals surface area contributed by atoms with Gasteiger partial charge in [0, 0.05) is 4.47 Å². The lowest BCUT2D eigenvalue weighted by Gasteiger charge is -2.12. The highest BCUT2D eigenvalue weighted by molar-refractivity contribution is 9.10. The summed E-state index contributed by atoms with van der Waals surface area (Å²) < 4.78 is 14.1. The zero-order valence-electron chi connectivity index (χ0n) is 8.52. The van der Waals surface area contributed by atoms with E-state index in [1.54, 1.807) is 0 Å². The van der Waals surface area contributed by atoms with Crippen molar-refractivity contribution in [1.82, 2.24) is 0 Å². The SMILES string of the molecule is CCC1CCc2cc(F)c(C=O)c(Br)c21. The molecule has 80 valence electrons. The molecule has 15 heavy (non-hydrogen) atoms. The summed E-state index contributed by atoms with van der Waals surface area (Å²) in [7, 11) is 0. The summed E-state index contributed by atoms with van der Waals surface area (Å²) in [6, 6.07) is 1.51. The molecule has 1 nitrogen and oxygen atoms in total. The molecule has 0 aliphatic heterocycles. The molecule has 1 aliphatic carbocycles. The Bertz CT molecular complexity index is 415. The smallest absolute Gasteiger partial charge is 0.154 e. The Morgan fingerprint density at radius 1 is 1.67 bits per heavy atom. The van der Waals surface area contributed by atoms with Crippen molar-refractivity contribution in [2.24, 2.45) is 0 Å². The van der Waals surface area contributed by atoms with Gasteiger partial charge in [-0.1, -0.05) is 6.92 Å². The van der Waals surface area contributed by atoms with Crippen LogP contribution in [0.15, 0.2) is 10.5 Å². The van der Waals surface area contributed by atoms with Gasteiger partial charge in [0.1, 0.15) is 5.82 Å². The van der Waals surface area contributed by atoms with E-state index in [2.05, 4.69) is 22.9 Å². The second-order valence-electron chi connectivity index (χ2n) is 3.92. The predicted molar refractivity (Wildman–Crippen MR) is 60.8 cm³/mol. The zero-order chi connectivity index (χ0) is 11.0. The fraction of sp³-hybridized carbons (Fsp3) is 0.417. The number of hydrogen-bond acceptors (Lipinski definition) is 1. The Balaban J connectivity index is 2.63. The van der Waals surface area contributed by atoms with E-state index in [-0.39, 0.29) is 5.56 Å². The van der Waals surface area contributed by atoms with Crippen molar-refractivity contribution in [1.29, 1.82) is 0 Å². The van der Waals surface area contributed by atoms with Crippen LogP contribution < -0.4 is 0 Å². The number of halogens is 2. The molecule has 0 heterocycles. The number of fused-ring (bicyclic) bond motifs is 1. The minimum atomic E-state index is -0.410. The Labute approximate surface area is 96.8 Å². The first kappa shape index (κ1) is 10.8. The van der Waals surface area contributed by atoms with Crippen LogP contribution in [0, 0.1) is 5.82 Å². The van der Waals surface area contributed by atoms with Crippen molar-refractivity contribution >= 4 is 22.2 Å². The standard InChI is InChI=1S/C12H12BrFO/c1-2-7-3-4-8-5-10(14)9(6-15)12(13)11(7)8/h5-7H,2-4H2,1H3. The summed E-state index contributed by atoms with van der Waals surface area (Å²) in [4.78, 5) is 10.8. The average Bonchev–Trinajstić information content (AvgIpc) is 2.61. The van der Waals surface area contributed by atoms with E-state index in [1.165, 1.54) is 6.07 Å². The minimum absolute atomic E-state index is 0.161. The average molecular weight is 271 g/mol. The first-order chi connectivity index (χ1) is 7.19. The molecule has 0 aromatic heterocycles. The maximum absolute atomic E-state index is 13.5. The van der Waals surface area contributed by atoms with E-state index in [0.29, 0.717) is 16.7 Å². The van der Waals surface area contributed by atoms with Crippen LogP contribution in [-0.4, -0.2) is 6.29 Å². The summed E-state index contributed by atoms with van der Waals surface area (Å²) in [5.74, 6) is 0.0565. The lowest BCUT2D eigenvalue weighted by atomic mass is 9.97. The highest BCUT2D eigenvalue weighted by atomic mass is 79.9. The van der Waals surface area contributed by atoms with Crippen molar-refractivity contribution in [3.05, 3.63) is 33.0 Å². The Hall–Kier alpha value is -0.700. The van der Waals surface area contributed by atoms with Crippen LogP contribution in [0.5, 0.6) is 0 Å². The maximum Gasteiger partial charge on any atom is 0.154 e. The first-order valence-electron chi connectivity index (χ1n) is 5.15. The highest BCUT2D eigenvalue weighted by Crippen LogP contribution is 2.41. The maximum atomic E-state index is 13.5. The Morgan fingerprint density at radius 2 is 2.40 bits per heavy atom. The van der Waals surface area contributed by atoms with Gasteiger partial charge < -0.3 is 0 Å². The molecular formula is C12H12BrFO. The molecule has 1 aromatic rings. The van der Waals surface area contributed by atoms with Gasteiger partial charge in [0.05, 0.1) is 5.56 Å². The molecular weight excluding hydrogens is 259 g/mol. The molecule has 0 saturated carbocycles. The van der Waals surface area contributed by atoms with Gasteiger partial charge in [-0.05, 0) is 58.3 Å². The minimum Gasteiger partial charge on any atom is -0.298 e. The Morgan fingerprint density at radius 3 is 3.00 bits per heavy atom. The first-order valence-corrected chi connectivity index (χ1v) is 5.94. The third kappa shape index (κ3) is 1.63. The highest BCUT2D eigenvalue weighted by Gasteiger charge is 2.26. The van der Waals surface area contributed by atoms with Crippen molar-refractivity contribution in [3.63, 3.8) is 0 Å². The lowest BCUT2D eigenvalue weighted by Crippen LogP contribution is -1.99. The van der Waals surface area contributed by atoms with E-state index in [0.717, 1.165) is 30.4 Å². The number of carbonyl (C=O) groups excluding carboxylic acids is 1. The van der Waals surface area contributed by atoms with Crippen LogP contribution in [0.4, 0.5) is 4.39 Å². The van der Waals surface area contributed by atoms with E-state index in [9.17, 15) is 9.18 Å². The largest absolute Gasteiger partial charge is 0.298 e. The van der Waals surface area contributed by atoms with Crippen LogP contribution in [0.2, 0.25) is 0 Å². The van der Waals surface area contributed by atoms with Gasteiger partial charge in [-0.2, -0.15) is 0 Å². The molecule has 0 fully saturated rings. The van der Waals surface area contributed by atoms with Crippen molar-refractivity contribution in [2.75, 3.05) is 0 Å². The summed E-state index contributed by atoms with van der Waals surface area (Å²) in [6.07, 6.45) is 3.61. The van der Waals surface area contributed by atoms with Crippen LogP contribution in [0.25, 0.3) is 0 Å². The number of rotatable bonds is 2. The second-order valence-corrected chi connectivity index (χ2v) is 4.71. The normalized spacial score (nSPS) is 19.0. The molecule has 0 N–H and O–H groups in total. The molecule has 0 saturated heterocycles. The van der Waals surface area contributed by atoms with Crippen LogP contribution in [-0.2, 0) is 6.42 Å². The fourth-order valence-corrected chi connectivity index (χ4v) is 3.20. The molecule has 0 spiro atoms. The molecule has 1 unspecified atom stereocenters. The second kappa shape index (κ2) is 4.05. The lowest BCUT2D eigenvalue weighted by molar-refractivity contribution is 0.111. The van der Waals surface area contributed by atoms with Gasteiger partial charge >= 0.3 is 0 Å². The van der Waals surface area contributed by atoms with Crippen LogP contribution in [0.3, 0.4) is 0 Å². The van der Waals surface area contributed by atoms with Gasteiger partial charge in [0.2, 0.25) is 0 Å². The third-order valence-corrected chi connectivity index (χ3v) is 4.01. The number of benzene rings is 1. The molecule has 0 amide bonds. The van der Waals surface area contributed by atoms with Gasteiger partial charge in [0.15, 0.2) is 6.29 Å². The summed E-state index contributed by atoms with van der Waals surface area (Å²) >= 11 is 3.35. The summed E-state index contributed by atoms with van der Waals surface area (Å²) in [5, 5.41) is 0. The van der Waals surface area contributed by atoms with E-state index in [1.807, 2.05) is 0 Å². The molecule has 1 aliphatic rings. The van der Waals surface area contributed by atoms with E-state index in [4.69, 9.17) is 0 Å². The Kier molecular flexibility index (Phi) is 2.91. The fourth-order valence-electron chi connectivity index (χ4n) is 2.34. The molecule has 2 rings (SSSR count). The monoisotopic (exact) mass is 270 g/mol. The zero-order valence-corrected chi connectivity index (χ0v) is 10.1. The summed E-state index contributed by atoms with van der Waals surface area (Å²) in [6.45, 7) is 2.12. The number of carbonyl (C=O) groups is 1.